The topological polar surface area (TPSA) is 38.9 Å². The molecule has 2 N–H and O–H groups in total. The quantitative estimate of drug-likeness (QED) is 0.533. The van der Waals surface area contributed by atoms with Crippen molar-refractivity contribution in [1.29, 1.82) is 0 Å². The second kappa shape index (κ2) is 3.23. The second-order valence-corrected chi connectivity index (χ2v) is 9.05. The normalized spacial score (nSPS) is 10.9. The van der Waals surface area contributed by atoms with Gasteiger partial charge >= 0.3 is 0 Å². The van der Waals surface area contributed by atoms with Crippen LogP contribution in [0.5, 0.6) is 0 Å². The van der Waals surface area contributed by atoms with Crippen LogP contribution in [0.15, 0.2) is 12.3 Å². The molecule has 0 saturated heterocycles. The van der Waals surface area contributed by atoms with E-state index in [9.17, 15) is 0 Å². The van der Waals surface area contributed by atoms with Crippen molar-refractivity contribution in [2.45, 2.75) is 19.6 Å². The van der Waals surface area contributed by atoms with Gasteiger partial charge in [-0.15, -0.1) is 6.42 Å². The van der Waals surface area contributed by atoms with Crippen LogP contribution in [-0.4, -0.2) is 13.1 Å². The van der Waals surface area contributed by atoms with E-state index in [1.54, 1.807) is 6.20 Å². The first-order valence-electron chi connectivity index (χ1n) is 4.18. The fourth-order valence-electron chi connectivity index (χ4n) is 1.25. The number of rotatable bonds is 1. The van der Waals surface area contributed by atoms with Crippen LogP contribution in [0, 0.1) is 12.3 Å². The van der Waals surface area contributed by atoms with E-state index in [1.165, 1.54) is 5.19 Å². The maximum Gasteiger partial charge on any atom is 0.139 e. The van der Waals surface area contributed by atoms with Crippen LogP contribution in [0.25, 0.3) is 0 Å². The van der Waals surface area contributed by atoms with E-state index in [0.717, 1.165) is 5.56 Å². The van der Waals surface area contributed by atoms with Crippen molar-refractivity contribution in [3.63, 3.8) is 0 Å². The summed E-state index contributed by atoms with van der Waals surface area (Å²) < 4.78 is 0. The Kier molecular flexibility index (Phi) is 2.44. The highest BCUT2D eigenvalue weighted by Gasteiger charge is 2.20. The van der Waals surface area contributed by atoms with Crippen molar-refractivity contribution in [2.24, 2.45) is 0 Å². The molecule has 0 spiro atoms. The Morgan fingerprint density at radius 1 is 1.46 bits per heavy atom. The van der Waals surface area contributed by atoms with Crippen molar-refractivity contribution in [2.75, 3.05) is 5.73 Å². The first-order chi connectivity index (χ1) is 5.96. The molecule has 1 heterocycles. The molecule has 0 amide bonds. The molecule has 68 valence electrons. The van der Waals surface area contributed by atoms with Crippen LogP contribution < -0.4 is 10.9 Å². The van der Waals surface area contributed by atoms with E-state index < -0.39 is 8.07 Å². The summed E-state index contributed by atoms with van der Waals surface area (Å²) in [5, 5.41) is 1.21. The van der Waals surface area contributed by atoms with Gasteiger partial charge in [-0.2, -0.15) is 0 Å². The number of nitrogen functional groups attached to an aromatic ring is 1. The van der Waals surface area contributed by atoms with E-state index >= 15 is 0 Å². The minimum Gasteiger partial charge on any atom is -0.383 e. The lowest BCUT2D eigenvalue weighted by atomic mass is 10.3. The van der Waals surface area contributed by atoms with Gasteiger partial charge in [0.1, 0.15) is 5.82 Å². The molecule has 3 heteroatoms. The van der Waals surface area contributed by atoms with E-state index in [1.807, 2.05) is 6.07 Å². The molecule has 0 radical (unpaired) electrons. The van der Waals surface area contributed by atoms with Crippen LogP contribution in [0.1, 0.15) is 5.56 Å². The Morgan fingerprint density at radius 3 is 2.46 bits per heavy atom. The van der Waals surface area contributed by atoms with Crippen LogP contribution in [-0.2, 0) is 0 Å². The maximum absolute atomic E-state index is 5.70. The Hall–Kier alpha value is -1.27. The van der Waals surface area contributed by atoms with Gasteiger partial charge in [0.2, 0.25) is 0 Å². The van der Waals surface area contributed by atoms with Gasteiger partial charge in [-0.1, -0.05) is 25.6 Å². The monoisotopic (exact) mass is 190 g/mol. The van der Waals surface area contributed by atoms with Crippen LogP contribution in [0.4, 0.5) is 5.82 Å². The summed E-state index contributed by atoms with van der Waals surface area (Å²) in [4.78, 5) is 3.98. The molecule has 0 atom stereocenters. The third kappa shape index (κ3) is 1.90. The number of anilines is 1. The minimum atomic E-state index is -1.39. The van der Waals surface area contributed by atoms with E-state index in [-0.39, 0.29) is 0 Å². The number of nitrogens with two attached hydrogens (primary N) is 1. The summed E-state index contributed by atoms with van der Waals surface area (Å²) in [6.45, 7) is 6.72. The zero-order valence-corrected chi connectivity index (χ0v) is 9.26. The Balaban J connectivity index is 3.40. The van der Waals surface area contributed by atoms with Gasteiger partial charge in [0.05, 0.1) is 13.6 Å². The van der Waals surface area contributed by atoms with Crippen molar-refractivity contribution >= 4 is 19.1 Å². The standard InChI is InChI=1S/C10H14N2Si/c1-5-8-9(13(2,3)4)6-7-12-10(8)11/h1,6-7H,2-4H3,(H2,11,12). The molecule has 1 aromatic heterocycles. The molecule has 1 rings (SSSR count). The Morgan fingerprint density at radius 2 is 2.08 bits per heavy atom. The lowest BCUT2D eigenvalue weighted by molar-refractivity contribution is 1.33. The van der Waals surface area contributed by atoms with Gasteiger partial charge in [0.25, 0.3) is 0 Å². The highest BCUT2D eigenvalue weighted by atomic mass is 28.3. The third-order valence-corrected chi connectivity index (χ3v) is 3.97. The Labute approximate surface area is 80.2 Å². The summed E-state index contributed by atoms with van der Waals surface area (Å²) in [6.07, 6.45) is 7.13. The molecule has 1 aromatic rings. The van der Waals surface area contributed by atoms with Gasteiger partial charge in [-0.25, -0.2) is 4.98 Å². The van der Waals surface area contributed by atoms with Gasteiger partial charge in [0, 0.05) is 6.20 Å². The van der Waals surface area contributed by atoms with Gasteiger partial charge < -0.3 is 5.73 Å². The second-order valence-electron chi connectivity index (χ2n) is 4.01. The SMILES string of the molecule is C#Cc1c([Si](C)(C)C)ccnc1N. The molecule has 0 unspecified atom stereocenters. The lowest BCUT2D eigenvalue weighted by Gasteiger charge is -2.18. The molecular weight excluding hydrogens is 176 g/mol. The van der Waals surface area contributed by atoms with E-state index in [2.05, 4.69) is 30.5 Å². The molecule has 0 bridgehead atoms. The molecular formula is C10H14N2Si. The average Bonchev–Trinajstić information content (AvgIpc) is 2.02. The lowest BCUT2D eigenvalue weighted by Crippen LogP contribution is -2.40. The van der Waals surface area contributed by atoms with Crippen molar-refractivity contribution in [1.82, 2.24) is 4.98 Å². The summed E-state index contributed by atoms with van der Waals surface area (Å²) in [5.74, 6) is 3.09. The van der Waals surface area contributed by atoms with E-state index in [0.29, 0.717) is 5.82 Å². The molecule has 0 saturated carbocycles. The average molecular weight is 190 g/mol. The zero-order chi connectivity index (χ0) is 10.1. The highest BCUT2D eigenvalue weighted by Crippen LogP contribution is 2.10. The molecule has 13 heavy (non-hydrogen) atoms. The number of hydrogen-bond acceptors (Lipinski definition) is 2. The fourth-order valence-corrected chi connectivity index (χ4v) is 2.78. The van der Waals surface area contributed by atoms with Crippen LogP contribution in [0.2, 0.25) is 19.6 Å². The predicted octanol–water partition coefficient (Wildman–Crippen LogP) is 1.19. The summed E-state index contributed by atoms with van der Waals surface area (Å²) in [5.41, 5.74) is 6.48. The molecule has 0 aromatic carbocycles. The summed E-state index contributed by atoms with van der Waals surface area (Å²) in [6, 6.07) is 1.98. The molecule has 0 aliphatic carbocycles. The third-order valence-electron chi connectivity index (χ3n) is 1.93. The van der Waals surface area contributed by atoms with Gasteiger partial charge in [-0.3, -0.25) is 0 Å². The van der Waals surface area contributed by atoms with Crippen LogP contribution in [0.3, 0.4) is 0 Å². The van der Waals surface area contributed by atoms with Crippen LogP contribution >= 0.6 is 0 Å². The van der Waals surface area contributed by atoms with Gasteiger partial charge in [-0.05, 0) is 11.3 Å². The van der Waals surface area contributed by atoms with Crippen molar-refractivity contribution in [3.05, 3.63) is 17.8 Å². The smallest absolute Gasteiger partial charge is 0.139 e. The fraction of sp³-hybridized carbons (Fsp3) is 0.300. The molecule has 0 aliphatic heterocycles. The Bertz CT molecular complexity index is 358. The number of pyridine rings is 1. The van der Waals surface area contributed by atoms with Gasteiger partial charge in [0.15, 0.2) is 0 Å². The molecule has 2 nitrogen and oxygen atoms in total. The number of nitrogens with zero attached hydrogens (tertiary/aromatic N) is 1. The maximum atomic E-state index is 5.70. The first-order valence-corrected chi connectivity index (χ1v) is 7.68. The number of hydrogen-bond donors (Lipinski definition) is 1. The van der Waals surface area contributed by atoms with E-state index in [4.69, 9.17) is 12.2 Å². The van der Waals surface area contributed by atoms with Crippen molar-refractivity contribution in [3.8, 4) is 12.3 Å². The summed E-state index contributed by atoms with van der Waals surface area (Å²) in [7, 11) is -1.39. The number of aromatic nitrogens is 1. The summed E-state index contributed by atoms with van der Waals surface area (Å²) >= 11 is 0. The minimum absolute atomic E-state index is 0.474. The number of terminal acetylenes is 1. The molecule has 0 aliphatic rings. The largest absolute Gasteiger partial charge is 0.383 e. The first kappa shape index (κ1) is 9.81. The molecule has 0 fully saturated rings. The highest BCUT2D eigenvalue weighted by molar-refractivity contribution is 6.89. The zero-order valence-electron chi connectivity index (χ0n) is 8.26. The van der Waals surface area contributed by atoms with Crippen molar-refractivity contribution < 1.29 is 0 Å². The predicted molar refractivity (Wildman–Crippen MR) is 59.6 cm³/mol.